The van der Waals surface area contributed by atoms with Gasteiger partial charge in [0.1, 0.15) is 30.2 Å². The van der Waals surface area contributed by atoms with Crippen molar-refractivity contribution in [3.05, 3.63) is 0 Å². The van der Waals surface area contributed by atoms with Crippen molar-refractivity contribution in [3.8, 4) is 0 Å². The fourth-order valence-electron chi connectivity index (χ4n) is 4.52. The molecule has 6 unspecified atom stereocenters. The van der Waals surface area contributed by atoms with Crippen LogP contribution < -0.4 is 43.4 Å². The summed E-state index contributed by atoms with van der Waals surface area (Å²) in [6.07, 6.45) is -1.13. The molecule has 0 bridgehead atoms. The first-order chi connectivity index (χ1) is 23.0. The minimum Gasteiger partial charge on any atom is -0.481 e. The van der Waals surface area contributed by atoms with E-state index in [-0.39, 0.29) is 24.7 Å². The Morgan fingerprint density at radius 1 is 0.620 bits per heavy atom. The van der Waals surface area contributed by atoms with Crippen molar-refractivity contribution in [2.75, 3.05) is 6.54 Å². The van der Waals surface area contributed by atoms with Crippen LogP contribution in [-0.4, -0.2) is 106 Å². The van der Waals surface area contributed by atoms with Crippen molar-refractivity contribution >= 4 is 53.3 Å². The molecular formula is C31H54N8O11. The minimum absolute atomic E-state index is 0.0732. The number of carboxylic acids is 2. The zero-order valence-electron chi connectivity index (χ0n) is 29.7. The van der Waals surface area contributed by atoms with Crippen LogP contribution in [0.25, 0.3) is 0 Å². The second-order valence-electron chi connectivity index (χ2n) is 13.2. The van der Waals surface area contributed by atoms with Gasteiger partial charge in [-0.2, -0.15) is 0 Å². The van der Waals surface area contributed by atoms with Gasteiger partial charge in [-0.1, -0.05) is 41.5 Å². The van der Waals surface area contributed by atoms with E-state index in [0.29, 0.717) is 6.42 Å². The average Bonchev–Trinajstić information content (AvgIpc) is 2.98. The van der Waals surface area contributed by atoms with Crippen molar-refractivity contribution < 1.29 is 53.4 Å². The monoisotopic (exact) mass is 714 g/mol. The molecule has 0 aliphatic rings. The fraction of sp³-hybridized carbons (Fsp3) is 0.710. The molecule has 0 fully saturated rings. The number of rotatable bonds is 23. The molecule has 6 atom stereocenters. The zero-order valence-corrected chi connectivity index (χ0v) is 29.7. The van der Waals surface area contributed by atoms with Crippen LogP contribution in [0.4, 0.5) is 0 Å². The van der Waals surface area contributed by atoms with Crippen molar-refractivity contribution in [1.82, 2.24) is 31.9 Å². The summed E-state index contributed by atoms with van der Waals surface area (Å²) in [5.74, 6) is -9.22. The molecule has 0 spiro atoms. The van der Waals surface area contributed by atoms with Crippen LogP contribution >= 0.6 is 0 Å². The van der Waals surface area contributed by atoms with Crippen molar-refractivity contribution in [3.63, 3.8) is 0 Å². The third kappa shape index (κ3) is 18.1. The van der Waals surface area contributed by atoms with Gasteiger partial charge in [-0.05, 0) is 43.9 Å². The number of nitrogens with one attached hydrogen (secondary N) is 6. The Kier molecular flexibility index (Phi) is 19.9. The number of carboxylic acid groups (broad SMARTS) is 2. The van der Waals surface area contributed by atoms with Gasteiger partial charge in [-0.25, -0.2) is 4.79 Å². The van der Waals surface area contributed by atoms with Crippen LogP contribution in [-0.2, 0) is 43.2 Å². The minimum atomic E-state index is -1.53. The number of amides is 7. The molecule has 19 nitrogen and oxygen atoms in total. The number of hydrogen-bond acceptors (Lipinski definition) is 10. The molecule has 0 aromatic carbocycles. The highest BCUT2D eigenvalue weighted by Gasteiger charge is 2.32. The predicted molar refractivity (Wildman–Crippen MR) is 178 cm³/mol. The fourth-order valence-corrected chi connectivity index (χ4v) is 4.52. The zero-order chi connectivity index (χ0) is 38.9. The summed E-state index contributed by atoms with van der Waals surface area (Å²) < 4.78 is 0. The Morgan fingerprint density at radius 3 is 1.64 bits per heavy atom. The summed E-state index contributed by atoms with van der Waals surface area (Å²) in [5, 5.41) is 32.7. The maximum atomic E-state index is 13.2. The third-order valence-corrected chi connectivity index (χ3v) is 7.14. The van der Waals surface area contributed by atoms with Gasteiger partial charge < -0.3 is 53.6 Å². The summed E-state index contributed by atoms with van der Waals surface area (Å²) in [6.45, 7) is 11.0. The van der Waals surface area contributed by atoms with Crippen LogP contribution in [0.1, 0.15) is 80.6 Å². The molecule has 0 saturated carbocycles. The molecule has 0 aromatic rings. The van der Waals surface area contributed by atoms with Gasteiger partial charge in [0.15, 0.2) is 0 Å². The lowest BCUT2D eigenvalue weighted by Crippen LogP contribution is -2.58. The number of carbonyl (C=O) groups excluding carboxylic acids is 7. The molecule has 0 aliphatic heterocycles. The number of aliphatic carboxylic acids is 2. The van der Waals surface area contributed by atoms with Crippen LogP contribution in [0.5, 0.6) is 0 Å². The van der Waals surface area contributed by atoms with Gasteiger partial charge in [-0.15, -0.1) is 0 Å². The quantitative estimate of drug-likeness (QED) is 0.0523. The molecule has 284 valence electrons. The van der Waals surface area contributed by atoms with Crippen LogP contribution in [0.2, 0.25) is 0 Å². The van der Waals surface area contributed by atoms with E-state index in [1.54, 1.807) is 27.7 Å². The summed E-state index contributed by atoms with van der Waals surface area (Å²) in [5.41, 5.74) is 11.1. The van der Waals surface area contributed by atoms with E-state index in [0.717, 1.165) is 0 Å². The number of nitrogens with two attached hydrogens (primary N) is 2. The lowest BCUT2D eigenvalue weighted by molar-refractivity contribution is -0.143. The first kappa shape index (κ1) is 45.2. The Morgan fingerprint density at radius 2 is 1.16 bits per heavy atom. The highest BCUT2D eigenvalue weighted by atomic mass is 16.4. The van der Waals surface area contributed by atoms with Crippen molar-refractivity contribution in [1.29, 1.82) is 0 Å². The lowest BCUT2D eigenvalue weighted by atomic mass is 10.0. The average molecular weight is 715 g/mol. The smallest absolute Gasteiger partial charge is 0.326 e. The maximum absolute atomic E-state index is 13.2. The van der Waals surface area contributed by atoms with Gasteiger partial charge in [0, 0.05) is 6.42 Å². The number of primary amides is 1. The molecule has 0 aliphatic carbocycles. The van der Waals surface area contributed by atoms with Gasteiger partial charge in [0.2, 0.25) is 41.4 Å². The van der Waals surface area contributed by atoms with Gasteiger partial charge in [-0.3, -0.25) is 38.4 Å². The summed E-state index contributed by atoms with van der Waals surface area (Å²) >= 11 is 0. The van der Waals surface area contributed by atoms with Gasteiger partial charge >= 0.3 is 11.9 Å². The molecule has 0 saturated heterocycles. The molecule has 0 rings (SSSR count). The summed E-state index contributed by atoms with van der Waals surface area (Å²) in [4.78, 5) is 111. The Bertz CT molecular complexity index is 1240. The van der Waals surface area contributed by atoms with Crippen molar-refractivity contribution in [2.24, 2.45) is 29.2 Å². The van der Waals surface area contributed by atoms with Crippen molar-refractivity contribution in [2.45, 2.75) is 117 Å². The highest BCUT2D eigenvalue weighted by Crippen LogP contribution is 2.09. The van der Waals surface area contributed by atoms with Crippen LogP contribution in [0.3, 0.4) is 0 Å². The van der Waals surface area contributed by atoms with E-state index in [4.69, 9.17) is 16.6 Å². The van der Waals surface area contributed by atoms with E-state index < -0.39 is 115 Å². The highest BCUT2D eigenvalue weighted by molar-refractivity contribution is 5.97. The predicted octanol–water partition coefficient (Wildman–Crippen LogP) is -2.55. The Hall–Kier alpha value is -4.81. The van der Waals surface area contributed by atoms with Gasteiger partial charge in [0.05, 0.1) is 19.0 Å². The SMILES string of the molecule is CC(C)CC(N)C(=O)NC(C)C(=O)NC(CC(N)=O)C(=O)NCC(=O)NC(C(=O)NC(CCC(=O)O)C(=O)NC(CC(C)C)C(=O)O)C(C)C. The maximum Gasteiger partial charge on any atom is 0.326 e. The molecular weight excluding hydrogens is 660 g/mol. The standard InChI is InChI=1S/C31H54N8O11/c1-14(2)10-18(32)27(45)35-17(7)26(44)37-20(12-22(33)40)28(46)34-13-23(41)39-25(16(5)6)30(48)36-19(8-9-24(42)43)29(47)38-21(31(49)50)11-15(3)4/h14-21,25H,8-13,32H2,1-7H3,(H2,33,40)(H,34,46)(H,35,45)(H,36,48)(H,37,44)(H,38,47)(H,39,41)(H,42,43)(H,49,50). The molecule has 19 heteroatoms. The molecule has 0 radical (unpaired) electrons. The normalized spacial score (nSPS) is 14.7. The molecule has 50 heavy (non-hydrogen) atoms. The van der Waals surface area contributed by atoms with E-state index >= 15 is 0 Å². The number of hydrogen-bond donors (Lipinski definition) is 10. The van der Waals surface area contributed by atoms with Crippen LogP contribution in [0.15, 0.2) is 0 Å². The molecule has 0 aromatic heterocycles. The third-order valence-electron chi connectivity index (χ3n) is 7.14. The second kappa shape index (κ2) is 22.0. The van der Waals surface area contributed by atoms with E-state index in [2.05, 4.69) is 31.9 Å². The van der Waals surface area contributed by atoms with Crippen LogP contribution in [0, 0.1) is 17.8 Å². The van der Waals surface area contributed by atoms with E-state index in [9.17, 15) is 48.3 Å². The molecule has 0 heterocycles. The molecule has 12 N–H and O–H groups in total. The van der Waals surface area contributed by atoms with Gasteiger partial charge in [0.25, 0.3) is 0 Å². The van der Waals surface area contributed by atoms with E-state index in [1.807, 2.05) is 13.8 Å². The first-order valence-corrected chi connectivity index (χ1v) is 16.3. The Balaban J connectivity index is 5.58. The summed E-state index contributed by atoms with van der Waals surface area (Å²) in [6, 6.07) is -7.60. The topological polar surface area (TPSA) is 318 Å². The first-order valence-electron chi connectivity index (χ1n) is 16.3. The lowest BCUT2D eigenvalue weighted by Gasteiger charge is -2.26. The largest absolute Gasteiger partial charge is 0.481 e. The van der Waals surface area contributed by atoms with E-state index in [1.165, 1.54) is 6.92 Å². The second-order valence-corrected chi connectivity index (χ2v) is 13.2. The Labute approximate surface area is 291 Å². The molecule has 7 amide bonds. The number of carbonyl (C=O) groups is 9. The summed E-state index contributed by atoms with van der Waals surface area (Å²) in [7, 11) is 0.